The lowest BCUT2D eigenvalue weighted by Crippen LogP contribution is -2.93. The minimum absolute atomic E-state index is 0.319. The Kier molecular flexibility index (Phi) is 12.7. The molecule has 6 heterocycles. The van der Waals surface area contributed by atoms with E-state index >= 15 is 0 Å². The molecule has 384 valence electrons. The molecule has 8 bridgehead atoms. The van der Waals surface area contributed by atoms with E-state index in [2.05, 4.69) is 0 Å². The normalized spacial score (nSPS) is 35.9. The maximum absolute atomic E-state index is 13.8. The van der Waals surface area contributed by atoms with Crippen LogP contribution in [-0.4, -0.2) is 97.6 Å². The third kappa shape index (κ3) is 8.83. The lowest BCUT2D eigenvalue weighted by atomic mass is 10.4. The molecule has 26 heteroatoms. The molecule has 2 N–H and O–H groups in total. The van der Waals surface area contributed by atoms with Crippen molar-refractivity contribution in [2.75, 3.05) is 0 Å². The topological polar surface area (TPSA) is 170 Å². The molecule has 0 saturated carbocycles. The molecule has 0 spiro atoms. The molecule has 8 aromatic rings. The lowest BCUT2D eigenvalue weighted by molar-refractivity contribution is 0.0128. The molecule has 6 aliphatic heterocycles. The van der Waals surface area contributed by atoms with Crippen LogP contribution in [0.3, 0.4) is 0 Å². The van der Waals surface area contributed by atoms with Crippen LogP contribution in [0.25, 0.3) is 0 Å². The van der Waals surface area contributed by atoms with Crippen LogP contribution in [0.1, 0.15) is 0 Å². The Bertz CT molecular complexity index is 3130. The third-order valence-electron chi connectivity index (χ3n) is 13.0. The SMILES string of the molecule is C[Si]1(O)O[Si]2(c3ccccc3)O[Si]3(c4ccccc4)O[Si](C)(O)O[Si]4(c5ccccc5)O[Si](c5ccccc5)(O2)O[Si]2(c5ccccc5)O[Si](c5ccccc5)(O1)O[Si](c1ccccc1)(O3)O[Si](c1ccccc1)(O4)O2. The maximum atomic E-state index is 13.8. The van der Waals surface area contributed by atoms with Gasteiger partial charge in [-0.25, -0.2) is 0 Å². The highest BCUT2D eigenvalue weighted by atomic mass is 28.6. The quantitative estimate of drug-likeness (QED) is 0.212. The molecule has 0 aliphatic carbocycles. The molecule has 0 aromatic heterocycles. The van der Waals surface area contributed by atoms with Crippen molar-refractivity contribution in [1.29, 1.82) is 0 Å². The summed E-state index contributed by atoms with van der Waals surface area (Å²) >= 11 is 0. The lowest BCUT2D eigenvalue weighted by Gasteiger charge is -2.60. The van der Waals surface area contributed by atoms with Crippen molar-refractivity contribution in [3.63, 3.8) is 0 Å². The summed E-state index contributed by atoms with van der Waals surface area (Å²) in [6.07, 6.45) is 0. The molecule has 16 nitrogen and oxygen atoms in total. The second-order valence-electron chi connectivity index (χ2n) is 18.6. The van der Waals surface area contributed by atoms with E-state index in [0.29, 0.717) is 41.5 Å². The van der Waals surface area contributed by atoms with Crippen molar-refractivity contribution in [1.82, 2.24) is 0 Å². The first-order chi connectivity index (χ1) is 36.7. The Morgan fingerprint density at radius 1 is 0.184 bits per heavy atom. The summed E-state index contributed by atoms with van der Waals surface area (Å²) in [5, 5.41) is 2.88. The summed E-state index contributed by atoms with van der Waals surface area (Å²) < 4.78 is 111. The largest absolute Gasteiger partial charge is 0.515 e. The van der Waals surface area contributed by atoms with Gasteiger partial charge >= 0.3 is 88.0 Å². The van der Waals surface area contributed by atoms with Crippen molar-refractivity contribution >= 4 is 130 Å². The van der Waals surface area contributed by atoms with E-state index in [9.17, 15) is 9.59 Å². The minimum Gasteiger partial charge on any atom is -0.391 e. The van der Waals surface area contributed by atoms with Crippen molar-refractivity contribution < 1.29 is 67.2 Å². The average molecular weight is 1190 g/mol. The van der Waals surface area contributed by atoms with Crippen LogP contribution < -0.4 is 41.5 Å². The Labute approximate surface area is 449 Å². The molecule has 76 heavy (non-hydrogen) atoms. The van der Waals surface area contributed by atoms with Crippen LogP contribution in [0.5, 0.6) is 0 Å². The van der Waals surface area contributed by atoms with Crippen LogP contribution in [0, 0.1) is 0 Å². The Morgan fingerprint density at radius 3 is 0.408 bits per heavy atom. The molecule has 8 aromatic carbocycles. The zero-order chi connectivity index (χ0) is 51.8. The van der Waals surface area contributed by atoms with Crippen LogP contribution in [0.4, 0.5) is 0 Å². The van der Waals surface area contributed by atoms with E-state index in [1.165, 1.54) is 13.1 Å². The molecule has 6 aliphatic rings. The van der Waals surface area contributed by atoms with Crippen molar-refractivity contribution in [2.24, 2.45) is 0 Å². The highest BCUT2D eigenvalue weighted by Gasteiger charge is 2.84. The second kappa shape index (κ2) is 19.0. The van der Waals surface area contributed by atoms with Crippen molar-refractivity contribution in [3.05, 3.63) is 243 Å². The molecule has 6 fully saturated rings. The van der Waals surface area contributed by atoms with E-state index in [4.69, 9.17) is 57.6 Å². The van der Waals surface area contributed by atoms with Crippen LogP contribution in [0.15, 0.2) is 243 Å². The fourth-order valence-corrected chi connectivity index (χ4v) is 62.2. The summed E-state index contributed by atoms with van der Waals surface area (Å²) in [5.41, 5.74) is 0. The zero-order valence-corrected chi connectivity index (χ0v) is 50.7. The molecular weight excluding hydrogens is 1140 g/mol. The predicted octanol–water partition coefficient (Wildman–Crippen LogP) is 2.18. The molecule has 10 unspecified atom stereocenters. The van der Waals surface area contributed by atoms with E-state index in [1.54, 1.807) is 72.8 Å². The van der Waals surface area contributed by atoms with E-state index in [-0.39, 0.29) is 0 Å². The van der Waals surface area contributed by atoms with E-state index in [1.807, 2.05) is 170 Å². The van der Waals surface area contributed by atoms with Gasteiger partial charge in [0.1, 0.15) is 0 Å². The highest BCUT2D eigenvalue weighted by Crippen LogP contribution is 2.46. The molecule has 0 radical (unpaired) electrons. The first-order valence-corrected chi connectivity index (χ1v) is 42.8. The van der Waals surface area contributed by atoms with E-state index in [0.717, 1.165) is 0 Å². The summed E-state index contributed by atoms with van der Waals surface area (Å²) in [7, 11) is -51.5. The van der Waals surface area contributed by atoms with Gasteiger partial charge in [-0.1, -0.05) is 243 Å². The first-order valence-electron chi connectivity index (χ1n) is 24.4. The van der Waals surface area contributed by atoms with Gasteiger partial charge in [-0.2, -0.15) is 0 Å². The summed E-state index contributed by atoms with van der Waals surface area (Å²) in [6.45, 7) is 2.94. The van der Waals surface area contributed by atoms with Crippen LogP contribution in [-0.2, 0) is 57.6 Å². The van der Waals surface area contributed by atoms with Gasteiger partial charge < -0.3 is 67.2 Å². The third-order valence-corrected chi connectivity index (χ3v) is 53.2. The van der Waals surface area contributed by atoms with Crippen LogP contribution >= 0.6 is 0 Å². The van der Waals surface area contributed by atoms with Gasteiger partial charge in [-0.15, -0.1) is 0 Å². The van der Waals surface area contributed by atoms with Gasteiger partial charge in [0.2, 0.25) is 0 Å². The Hall–Kier alpha value is -4.71. The number of rotatable bonds is 8. The first kappa shape index (κ1) is 50.8. The highest BCUT2D eigenvalue weighted by molar-refractivity contribution is 7.12. The summed E-state index contributed by atoms with van der Waals surface area (Å²) in [5.74, 6) is 0. The standard InChI is InChI=1S/C50H48O16Si10/c1-67(51)53-69(43-27-11-3-12-28-43)57-70(44-29-13-4-14-30-44)54-68(2,52)56-72(46-33-17-6-18-34-46)61-73(58-69,47-35-19-7-20-36-47)64-75(49-39-23-9-24-40-49)62-71(55-67,45-31-15-5-16-32-45)60-74(59-70,48-37-21-8-22-38-48)65-76(63-72,66-75)50-41-25-10-26-42-50/h3-42,51-52H,1-2H3. The molecule has 6 saturated heterocycles. The Balaban J connectivity index is 1.31. The minimum atomic E-state index is -5.26. The predicted molar refractivity (Wildman–Crippen MR) is 298 cm³/mol. The molecule has 0 amide bonds. The van der Waals surface area contributed by atoms with Gasteiger partial charge in [0.15, 0.2) is 0 Å². The maximum Gasteiger partial charge on any atom is 0.515 e. The molecule has 10 atom stereocenters. The molecule has 14 rings (SSSR count). The monoisotopic (exact) mass is 1180 g/mol. The van der Waals surface area contributed by atoms with Gasteiger partial charge in [0, 0.05) is 54.6 Å². The zero-order valence-electron chi connectivity index (χ0n) is 40.7. The van der Waals surface area contributed by atoms with Gasteiger partial charge in [-0.3, -0.25) is 0 Å². The van der Waals surface area contributed by atoms with E-state index < -0.39 is 88.0 Å². The Morgan fingerprint density at radius 2 is 0.289 bits per heavy atom. The number of hydrogen-bond acceptors (Lipinski definition) is 16. The number of hydrogen-bond donors (Lipinski definition) is 2. The average Bonchev–Trinajstić information content (AvgIpc) is 3.45. The fraction of sp³-hybridized carbons (Fsp3) is 0.0400. The summed E-state index contributed by atoms with van der Waals surface area (Å²) in [6, 6.07) is 72.7. The van der Waals surface area contributed by atoms with Crippen LogP contribution in [0.2, 0.25) is 13.1 Å². The molecular formula is C50H48O16Si10. The smallest absolute Gasteiger partial charge is 0.391 e. The van der Waals surface area contributed by atoms with Crippen molar-refractivity contribution in [3.8, 4) is 0 Å². The number of benzene rings is 8. The number of fused-ring (bicyclic) bond motifs is 4. The van der Waals surface area contributed by atoms with Gasteiger partial charge in [0.25, 0.3) is 0 Å². The van der Waals surface area contributed by atoms with Gasteiger partial charge in [-0.05, 0) is 0 Å². The summed E-state index contributed by atoms with van der Waals surface area (Å²) in [4.78, 5) is 27.5. The fourth-order valence-electron chi connectivity index (χ4n) is 9.86. The van der Waals surface area contributed by atoms with Gasteiger partial charge in [0.05, 0.1) is 0 Å². The van der Waals surface area contributed by atoms with Crippen molar-refractivity contribution in [2.45, 2.75) is 13.1 Å². The second-order valence-corrected chi connectivity index (χ2v) is 47.1.